The summed E-state index contributed by atoms with van der Waals surface area (Å²) in [5, 5.41) is 25.5. The summed E-state index contributed by atoms with van der Waals surface area (Å²) in [5.74, 6) is 0.922. The molecule has 7 nitrogen and oxygen atoms in total. The number of nitriles is 1. The van der Waals surface area contributed by atoms with Crippen molar-refractivity contribution < 1.29 is 19.4 Å². The molecule has 0 saturated heterocycles. The van der Waals surface area contributed by atoms with E-state index >= 15 is 0 Å². The molecule has 3 rings (SSSR count). The first-order valence-corrected chi connectivity index (χ1v) is 8.31. The predicted octanol–water partition coefficient (Wildman–Crippen LogP) is 2.10. The maximum absolute atomic E-state index is 11.8. The van der Waals surface area contributed by atoms with Gasteiger partial charge in [0.15, 0.2) is 6.10 Å². The van der Waals surface area contributed by atoms with Crippen LogP contribution in [0.15, 0.2) is 23.3 Å². The molecule has 0 fully saturated rings. The van der Waals surface area contributed by atoms with Crippen LogP contribution in [0.1, 0.15) is 50.8 Å². The summed E-state index contributed by atoms with van der Waals surface area (Å²) in [6, 6.07) is 7.12. The number of hydrazone groups is 1. The van der Waals surface area contributed by atoms with Gasteiger partial charge in [-0.15, -0.1) is 5.10 Å². The van der Waals surface area contributed by atoms with Gasteiger partial charge in [0.2, 0.25) is 11.8 Å². The zero-order chi connectivity index (χ0) is 18.2. The molecule has 0 aliphatic carbocycles. The number of benzene rings is 1. The number of amides is 1. The number of hydrogen-bond acceptors (Lipinski definition) is 6. The maximum atomic E-state index is 11.8. The lowest BCUT2D eigenvalue weighted by Crippen LogP contribution is -2.50. The van der Waals surface area contributed by atoms with Crippen LogP contribution in [0.4, 0.5) is 0 Å². The van der Waals surface area contributed by atoms with Crippen molar-refractivity contribution in [2.24, 2.45) is 5.10 Å². The molecule has 0 radical (unpaired) electrons. The summed E-state index contributed by atoms with van der Waals surface area (Å²) in [6.45, 7) is 5.85. The highest BCUT2D eigenvalue weighted by Crippen LogP contribution is 2.42. The molecule has 25 heavy (non-hydrogen) atoms. The van der Waals surface area contributed by atoms with Crippen molar-refractivity contribution in [2.45, 2.75) is 51.4 Å². The molecule has 0 spiro atoms. The topological polar surface area (TPSA) is 95.2 Å². The van der Waals surface area contributed by atoms with Crippen LogP contribution in [0, 0.1) is 11.3 Å². The predicted molar refractivity (Wildman–Crippen MR) is 89.8 cm³/mol. The van der Waals surface area contributed by atoms with E-state index in [1.165, 1.54) is 5.01 Å². The van der Waals surface area contributed by atoms with Gasteiger partial charge in [-0.1, -0.05) is 0 Å². The van der Waals surface area contributed by atoms with Crippen molar-refractivity contribution >= 4 is 11.8 Å². The molecule has 1 amide bonds. The minimum atomic E-state index is -0.954. The monoisotopic (exact) mass is 343 g/mol. The van der Waals surface area contributed by atoms with Crippen molar-refractivity contribution in [1.82, 2.24) is 5.01 Å². The second-order valence-corrected chi connectivity index (χ2v) is 6.66. The standard InChI is InChI=1S/C18H21N3O4/c1-4-21-15(22)8-7-14(20-21)24-16-12-9-11(10-19)5-6-13(12)25-18(2,3)17(16)23/h5-6,9,16-17,23H,4,7-8H2,1-3H3. The largest absolute Gasteiger partial charge is 0.485 e. The average molecular weight is 343 g/mol. The van der Waals surface area contributed by atoms with Crippen molar-refractivity contribution in [1.29, 1.82) is 5.26 Å². The normalized spacial score (nSPS) is 24.7. The summed E-state index contributed by atoms with van der Waals surface area (Å²) >= 11 is 0. The van der Waals surface area contributed by atoms with Gasteiger partial charge in [-0.05, 0) is 39.0 Å². The highest BCUT2D eigenvalue weighted by Gasteiger charge is 2.45. The molecule has 2 heterocycles. The van der Waals surface area contributed by atoms with Crippen LogP contribution < -0.4 is 4.74 Å². The van der Waals surface area contributed by atoms with Crippen molar-refractivity contribution in [2.75, 3.05) is 6.54 Å². The van der Waals surface area contributed by atoms with Gasteiger partial charge < -0.3 is 14.6 Å². The smallest absolute Gasteiger partial charge is 0.243 e. The second kappa shape index (κ2) is 6.37. The van der Waals surface area contributed by atoms with Crippen LogP contribution in [-0.4, -0.2) is 40.2 Å². The second-order valence-electron chi connectivity index (χ2n) is 6.66. The number of rotatable bonds is 2. The zero-order valence-corrected chi connectivity index (χ0v) is 14.5. The Kier molecular flexibility index (Phi) is 4.39. The summed E-state index contributed by atoms with van der Waals surface area (Å²) in [4.78, 5) is 11.8. The number of hydrogen-bond donors (Lipinski definition) is 1. The third-order valence-electron chi connectivity index (χ3n) is 4.45. The van der Waals surface area contributed by atoms with E-state index in [9.17, 15) is 9.90 Å². The van der Waals surface area contributed by atoms with Crippen molar-refractivity contribution in [3.63, 3.8) is 0 Å². The minimum absolute atomic E-state index is 0.0464. The lowest BCUT2D eigenvalue weighted by atomic mass is 9.87. The Morgan fingerprint density at radius 2 is 2.24 bits per heavy atom. The van der Waals surface area contributed by atoms with Crippen molar-refractivity contribution in [3.8, 4) is 11.8 Å². The molecule has 1 aromatic rings. The lowest BCUT2D eigenvalue weighted by molar-refractivity contribution is -0.133. The molecule has 2 atom stereocenters. The summed E-state index contributed by atoms with van der Waals surface area (Å²) in [5.41, 5.74) is 0.203. The van der Waals surface area contributed by atoms with Gasteiger partial charge in [-0.25, -0.2) is 5.01 Å². The first-order valence-electron chi connectivity index (χ1n) is 8.31. The summed E-state index contributed by atoms with van der Waals surface area (Å²) < 4.78 is 11.9. The van der Waals surface area contributed by atoms with Gasteiger partial charge in [-0.3, -0.25) is 4.79 Å². The number of nitrogens with zero attached hydrogens (tertiary/aromatic N) is 3. The number of carbonyl (C=O) groups excluding carboxylic acids is 1. The molecule has 7 heteroatoms. The first kappa shape index (κ1) is 17.2. The van der Waals surface area contributed by atoms with Gasteiger partial charge in [0.1, 0.15) is 17.5 Å². The molecule has 0 saturated carbocycles. The highest BCUT2D eigenvalue weighted by molar-refractivity contribution is 5.88. The van der Waals surface area contributed by atoms with Gasteiger partial charge in [0.05, 0.1) is 11.6 Å². The first-order chi connectivity index (χ1) is 11.9. The maximum Gasteiger partial charge on any atom is 0.243 e. The third-order valence-corrected chi connectivity index (χ3v) is 4.45. The number of carbonyl (C=O) groups is 1. The quantitative estimate of drug-likeness (QED) is 0.887. The van der Waals surface area contributed by atoms with E-state index in [0.29, 0.717) is 42.2 Å². The van der Waals surface area contributed by atoms with Crippen LogP contribution in [0.2, 0.25) is 0 Å². The number of aliphatic hydroxyl groups is 1. The van der Waals surface area contributed by atoms with E-state index in [4.69, 9.17) is 14.7 Å². The number of aliphatic hydroxyl groups excluding tert-OH is 1. The SMILES string of the molecule is CCN1N=C(OC2c3cc(C#N)ccc3OC(C)(C)C2O)CCC1=O. The van der Waals surface area contributed by atoms with Crippen LogP contribution in [0.25, 0.3) is 0 Å². The fourth-order valence-corrected chi connectivity index (χ4v) is 3.00. The van der Waals surface area contributed by atoms with Crippen LogP contribution in [0.3, 0.4) is 0 Å². The van der Waals surface area contributed by atoms with Crippen LogP contribution in [-0.2, 0) is 9.53 Å². The molecule has 2 aliphatic heterocycles. The van der Waals surface area contributed by atoms with Gasteiger partial charge in [0, 0.05) is 24.9 Å². The van der Waals surface area contributed by atoms with E-state index in [-0.39, 0.29) is 5.91 Å². The Bertz CT molecular complexity index is 766. The van der Waals surface area contributed by atoms with E-state index < -0.39 is 17.8 Å². The molecule has 2 aliphatic rings. The molecule has 2 unspecified atom stereocenters. The Hall–Kier alpha value is -2.59. The van der Waals surface area contributed by atoms with E-state index in [0.717, 1.165) is 0 Å². The van der Waals surface area contributed by atoms with E-state index in [1.807, 2.05) is 6.92 Å². The van der Waals surface area contributed by atoms with Crippen molar-refractivity contribution in [3.05, 3.63) is 29.3 Å². The Morgan fingerprint density at radius 3 is 2.92 bits per heavy atom. The zero-order valence-electron chi connectivity index (χ0n) is 14.5. The molecule has 0 aromatic heterocycles. The fourth-order valence-electron chi connectivity index (χ4n) is 3.00. The molecule has 132 valence electrons. The molecule has 0 bridgehead atoms. The highest BCUT2D eigenvalue weighted by atomic mass is 16.5. The van der Waals surface area contributed by atoms with Gasteiger partial charge in [-0.2, -0.15) is 5.26 Å². The summed E-state index contributed by atoms with van der Waals surface area (Å²) in [7, 11) is 0. The molecule has 1 N–H and O–H groups in total. The lowest BCUT2D eigenvalue weighted by Gasteiger charge is -2.42. The van der Waals surface area contributed by atoms with Crippen LogP contribution in [0.5, 0.6) is 5.75 Å². The number of ether oxygens (including phenoxy) is 2. The Morgan fingerprint density at radius 1 is 1.48 bits per heavy atom. The van der Waals surface area contributed by atoms with Crippen LogP contribution >= 0.6 is 0 Å². The van der Waals surface area contributed by atoms with E-state index in [2.05, 4.69) is 11.2 Å². The Balaban J connectivity index is 1.97. The minimum Gasteiger partial charge on any atom is -0.485 e. The Labute approximate surface area is 146 Å². The number of fused-ring (bicyclic) bond motifs is 1. The van der Waals surface area contributed by atoms with Gasteiger partial charge in [0.25, 0.3) is 0 Å². The average Bonchev–Trinajstić information content (AvgIpc) is 2.59. The summed E-state index contributed by atoms with van der Waals surface area (Å²) in [6.07, 6.45) is -0.977. The fraction of sp³-hybridized carbons (Fsp3) is 0.500. The molecular weight excluding hydrogens is 322 g/mol. The molecule has 1 aromatic carbocycles. The van der Waals surface area contributed by atoms with Gasteiger partial charge >= 0.3 is 0 Å². The van der Waals surface area contributed by atoms with E-state index in [1.54, 1.807) is 32.0 Å². The third kappa shape index (κ3) is 3.17. The molecular formula is C18H21N3O4.